The first-order chi connectivity index (χ1) is 11.7. The van der Waals surface area contributed by atoms with E-state index in [4.69, 9.17) is 10.7 Å². The Morgan fingerprint density at radius 1 is 0.958 bits per heavy atom. The highest BCUT2D eigenvalue weighted by atomic mass is 15.1. The molecule has 1 aromatic heterocycles. The van der Waals surface area contributed by atoms with E-state index < -0.39 is 0 Å². The summed E-state index contributed by atoms with van der Waals surface area (Å²) in [6.07, 6.45) is 4.16. The highest BCUT2D eigenvalue weighted by Crippen LogP contribution is 2.22. The maximum Gasteiger partial charge on any atom is 0.110 e. The molecular weight excluding hydrogens is 294 g/mol. The number of imidazole rings is 1. The van der Waals surface area contributed by atoms with E-state index in [1.54, 1.807) is 0 Å². The van der Waals surface area contributed by atoms with Crippen LogP contribution in [0.2, 0.25) is 0 Å². The molecule has 0 saturated carbocycles. The van der Waals surface area contributed by atoms with E-state index in [0.29, 0.717) is 0 Å². The first-order valence-electron chi connectivity index (χ1n) is 8.89. The van der Waals surface area contributed by atoms with Crippen LogP contribution < -0.4 is 5.73 Å². The van der Waals surface area contributed by atoms with E-state index in [9.17, 15) is 0 Å². The molecule has 2 aromatic carbocycles. The maximum atomic E-state index is 5.67. The lowest BCUT2D eigenvalue weighted by molar-refractivity contribution is 0.600. The van der Waals surface area contributed by atoms with Crippen LogP contribution in [-0.4, -0.2) is 16.1 Å². The number of fused-ring (bicyclic) bond motifs is 1. The van der Waals surface area contributed by atoms with Gasteiger partial charge >= 0.3 is 0 Å². The molecule has 0 saturated heterocycles. The third kappa shape index (κ3) is 3.68. The molecule has 0 bridgehead atoms. The molecule has 0 radical (unpaired) electrons. The number of benzene rings is 2. The van der Waals surface area contributed by atoms with E-state index in [1.807, 2.05) is 0 Å². The van der Waals surface area contributed by atoms with Crippen molar-refractivity contribution < 1.29 is 0 Å². The lowest BCUT2D eigenvalue weighted by atomic mass is 10.1. The molecule has 0 amide bonds. The van der Waals surface area contributed by atoms with Gasteiger partial charge in [-0.15, -0.1) is 0 Å². The molecule has 0 aliphatic rings. The summed E-state index contributed by atoms with van der Waals surface area (Å²) >= 11 is 0. The fourth-order valence-electron chi connectivity index (χ4n) is 3.19. The Morgan fingerprint density at radius 3 is 2.46 bits per heavy atom. The first-order valence-corrected chi connectivity index (χ1v) is 8.89. The molecule has 0 fully saturated rings. The Hall–Kier alpha value is -2.13. The van der Waals surface area contributed by atoms with Crippen molar-refractivity contribution in [1.82, 2.24) is 9.55 Å². The molecule has 1 heterocycles. The minimum atomic E-state index is 0.754. The van der Waals surface area contributed by atoms with Gasteiger partial charge in [-0.1, -0.05) is 30.3 Å². The summed E-state index contributed by atoms with van der Waals surface area (Å²) in [6, 6.07) is 15.2. The molecule has 0 spiro atoms. The van der Waals surface area contributed by atoms with Gasteiger partial charge in [-0.05, 0) is 68.5 Å². The van der Waals surface area contributed by atoms with Crippen molar-refractivity contribution in [2.24, 2.45) is 5.73 Å². The van der Waals surface area contributed by atoms with Crippen LogP contribution in [0.4, 0.5) is 0 Å². The van der Waals surface area contributed by atoms with Gasteiger partial charge in [-0.2, -0.15) is 0 Å². The van der Waals surface area contributed by atoms with Crippen LogP contribution >= 0.6 is 0 Å². The van der Waals surface area contributed by atoms with Gasteiger partial charge in [0.1, 0.15) is 5.82 Å². The Balaban J connectivity index is 1.90. The summed E-state index contributed by atoms with van der Waals surface area (Å²) in [4.78, 5) is 4.94. The molecule has 2 N–H and O–H groups in total. The summed E-state index contributed by atoms with van der Waals surface area (Å²) in [7, 11) is 0. The van der Waals surface area contributed by atoms with Gasteiger partial charge in [0.05, 0.1) is 11.0 Å². The molecule has 0 aliphatic heterocycles. The summed E-state index contributed by atoms with van der Waals surface area (Å²) < 4.78 is 2.40. The third-order valence-corrected chi connectivity index (χ3v) is 4.76. The van der Waals surface area contributed by atoms with Crippen LogP contribution in [0.25, 0.3) is 11.0 Å². The zero-order chi connectivity index (χ0) is 16.9. The molecule has 3 aromatic rings. The number of unbranched alkanes of at least 4 members (excludes halogenated alkanes) is 1. The van der Waals surface area contributed by atoms with Gasteiger partial charge in [0.15, 0.2) is 0 Å². The molecule has 3 nitrogen and oxygen atoms in total. The number of nitrogens with zero attached hydrogens (tertiary/aromatic N) is 2. The van der Waals surface area contributed by atoms with E-state index in [0.717, 1.165) is 44.3 Å². The van der Waals surface area contributed by atoms with Crippen LogP contribution in [0.5, 0.6) is 0 Å². The SMILES string of the molecule is Cc1cc2nc(CCc3ccccc3)n(CCCCN)c2cc1C. The lowest BCUT2D eigenvalue weighted by Crippen LogP contribution is -2.08. The van der Waals surface area contributed by atoms with Crippen molar-refractivity contribution in [3.63, 3.8) is 0 Å². The van der Waals surface area contributed by atoms with Crippen molar-refractivity contribution in [2.45, 2.75) is 46.1 Å². The normalized spacial score (nSPS) is 11.3. The average Bonchev–Trinajstić information content (AvgIpc) is 2.91. The smallest absolute Gasteiger partial charge is 0.110 e. The number of aromatic nitrogens is 2. The molecule has 0 unspecified atom stereocenters. The van der Waals surface area contributed by atoms with Gasteiger partial charge in [0.2, 0.25) is 0 Å². The summed E-state index contributed by atoms with van der Waals surface area (Å²) in [5.74, 6) is 1.19. The van der Waals surface area contributed by atoms with E-state index in [-0.39, 0.29) is 0 Å². The van der Waals surface area contributed by atoms with Gasteiger partial charge in [-0.25, -0.2) is 4.98 Å². The number of hydrogen-bond donors (Lipinski definition) is 1. The van der Waals surface area contributed by atoms with Gasteiger partial charge in [0, 0.05) is 13.0 Å². The quantitative estimate of drug-likeness (QED) is 0.664. The molecule has 24 heavy (non-hydrogen) atoms. The fourth-order valence-corrected chi connectivity index (χ4v) is 3.19. The summed E-state index contributed by atoms with van der Waals surface area (Å²) in [6.45, 7) is 6.09. The predicted octanol–water partition coefficient (Wildman–Crippen LogP) is 4.18. The Bertz CT molecular complexity index is 803. The maximum absolute atomic E-state index is 5.67. The van der Waals surface area contributed by atoms with Gasteiger partial charge < -0.3 is 10.3 Å². The summed E-state index contributed by atoms with van der Waals surface area (Å²) in [5.41, 5.74) is 12.1. The van der Waals surface area contributed by atoms with Crippen LogP contribution in [0.1, 0.15) is 35.4 Å². The Kier molecular flexibility index (Phi) is 5.31. The fraction of sp³-hybridized carbons (Fsp3) is 0.381. The van der Waals surface area contributed by atoms with E-state index in [1.165, 1.54) is 28.0 Å². The number of hydrogen-bond acceptors (Lipinski definition) is 2. The highest BCUT2D eigenvalue weighted by Gasteiger charge is 2.12. The molecule has 0 aliphatic carbocycles. The van der Waals surface area contributed by atoms with Crippen molar-refractivity contribution in [3.05, 3.63) is 65.0 Å². The van der Waals surface area contributed by atoms with Gasteiger partial charge in [-0.3, -0.25) is 0 Å². The molecule has 0 atom stereocenters. The van der Waals surface area contributed by atoms with Crippen LogP contribution in [0.3, 0.4) is 0 Å². The number of rotatable bonds is 7. The van der Waals surface area contributed by atoms with Gasteiger partial charge in [0.25, 0.3) is 0 Å². The minimum absolute atomic E-state index is 0.754. The second kappa shape index (κ2) is 7.63. The van der Waals surface area contributed by atoms with Crippen molar-refractivity contribution >= 4 is 11.0 Å². The third-order valence-electron chi connectivity index (χ3n) is 4.76. The average molecular weight is 321 g/mol. The van der Waals surface area contributed by atoms with Crippen molar-refractivity contribution in [3.8, 4) is 0 Å². The minimum Gasteiger partial charge on any atom is -0.330 e. The molecule has 3 rings (SSSR count). The molecular formula is C21H27N3. The van der Waals surface area contributed by atoms with Crippen molar-refractivity contribution in [1.29, 1.82) is 0 Å². The van der Waals surface area contributed by atoms with Crippen LogP contribution in [-0.2, 0) is 19.4 Å². The Labute approximate surface area is 144 Å². The monoisotopic (exact) mass is 321 g/mol. The second-order valence-electron chi connectivity index (χ2n) is 6.59. The van der Waals surface area contributed by atoms with E-state index >= 15 is 0 Å². The number of aryl methyl sites for hydroxylation is 5. The number of nitrogens with two attached hydrogens (primary N) is 1. The summed E-state index contributed by atoms with van der Waals surface area (Å²) in [5, 5.41) is 0. The predicted molar refractivity (Wildman–Crippen MR) is 101 cm³/mol. The van der Waals surface area contributed by atoms with Crippen molar-refractivity contribution in [2.75, 3.05) is 6.54 Å². The Morgan fingerprint density at radius 2 is 1.71 bits per heavy atom. The van der Waals surface area contributed by atoms with E-state index in [2.05, 4.69) is 60.9 Å². The standard InChI is InChI=1S/C21H27N3/c1-16-14-19-20(15-17(16)2)24(13-7-6-12-22)21(23-19)11-10-18-8-4-3-5-9-18/h3-5,8-9,14-15H,6-7,10-13,22H2,1-2H3. The second-order valence-corrected chi connectivity index (χ2v) is 6.59. The molecule has 126 valence electrons. The zero-order valence-corrected chi connectivity index (χ0v) is 14.8. The largest absolute Gasteiger partial charge is 0.330 e. The lowest BCUT2D eigenvalue weighted by Gasteiger charge is -2.10. The topological polar surface area (TPSA) is 43.8 Å². The zero-order valence-electron chi connectivity index (χ0n) is 14.8. The van der Waals surface area contributed by atoms with Crippen LogP contribution in [0.15, 0.2) is 42.5 Å². The van der Waals surface area contributed by atoms with Crippen LogP contribution in [0, 0.1) is 13.8 Å². The first kappa shape index (κ1) is 16.7. The highest BCUT2D eigenvalue weighted by molar-refractivity contribution is 5.78. The molecule has 3 heteroatoms.